The summed E-state index contributed by atoms with van der Waals surface area (Å²) in [7, 11) is 0. The minimum absolute atomic E-state index is 0. The number of benzene rings is 1. The van der Waals surface area contributed by atoms with Gasteiger partial charge in [-0.3, -0.25) is 4.79 Å². The highest BCUT2D eigenvalue weighted by Crippen LogP contribution is 2.44. The van der Waals surface area contributed by atoms with E-state index >= 15 is 0 Å². The van der Waals surface area contributed by atoms with Crippen molar-refractivity contribution < 1.29 is 4.79 Å². The van der Waals surface area contributed by atoms with Crippen LogP contribution in [0.1, 0.15) is 18.4 Å². The van der Waals surface area contributed by atoms with Gasteiger partial charge in [0.15, 0.2) is 0 Å². The molecule has 0 saturated carbocycles. The molecule has 1 aromatic rings. The zero-order valence-electron chi connectivity index (χ0n) is 9.25. The minimum Gasteiger partial charge on any atom is -0.325 e. The van der Waals surface area contributed by atoms with Gasteiger partial charge < -0.3 is 10.6 Å². The van der Waals surface area contributed by atoms with Crippen LogP contribution in [0.3, 0.4) is 0 Å². The lowest BCUT2D eigenvalue weighted by atomic mass is 9.74. The van der Waals surface area contributed by atoms with Gasteiger partial charge in [-0.2, -0.15) is 0 Å². The van der Waals surface area contributed by atoms with Gasteiger partial charge in [-0.15, -0.1) is 12.4 Å². The lowest BCUT2D eigenvalue weighted by Gasteiger charge is -2.32. The number of fused-ring (bicyclic) bond motifs is 2. The third kappa shape index (κ3) is 1.88. The van der Waals surface area contributed by atoms with Crippen LogP contribution in [-0.4, -0.2) is 19.0 Å². The molecule has 0 unspecified atom stereocenters. The van der Waals surface area contributed by atoms with Crippen LogP contribution in [0.2, 0.25) is 0 Å². The Morgan fingerprint density at radius 2 is 1.94 bits per heavy atom. The summed E-state index contributed by atoms with van der Waals surface area (Å²) in [6, 6.07) is 6.03. The van der Waals surface area contributed by atoms with Crippen molar-refractivity contribution in [2.24, 2.45) is 0 Å². The highest BCUT2D eigenvalue weighted by atomic mass is 79.9. The molecular formula is C12H14BrClN2O. The predicted octanol–water partition coefficient (Wildman–Crippen LogP) is 2.44. The second-order valence-electron chi connectivity index (χ2n) is 4.48. The molecule has 0 aromatic heterocycles. The van der Waals surface area contributed by atoms with E-state index in [9.17, 15) is 4.79 Å². The van der Waals surface area contributed by atoms with Crippen molar-refractivity contribution in [2.45, 2.75) is 18.3 Å². The van der Waals surface area contributed by atoms with Crippen molar-refractivity contribution in [2.75, 3.05) is 18.4 Å². The molecule has 2 N–H and O–H groups in total. The molecule has 1 spiro atoms. The van der Waals surface area contributed by atoms with Gasteiger partial charge in [-0.25, -0.2) is 0 Å². The number of piperidine rings is 1. The average Bonchev–Trinajstić information content (AvgIpc) is 2.55. The first kappa shape index (κ1) is 12.9. The Labute approximate surface area is 115 Å². The van der Waals surface area contributed by atoms with Gasteiger partial charge in [0.2, 0.25) is 5.91 Å². The van der Waals surface area contributed by atoms with Crippen LogP contribution < -0.4 is 10.6 Å². The van der Waals surface area contributed by atoms with Crippen molar-refractivity contribution in [1.82, 2.24) is 5.32 Å². The number of carbonyl (C=O) groups excluding carboxylic acids is 1. The fourth-order valence-corrected chi connectivity index (χ4v) is 3.10. The van der Waals surface area contributed by atoms with E-state index < -0.39 is 0 Å². The molecule has 92 valence electrons. The molecular weight excluding hydrogens is 304 g/mol. The van der Waals surface area contributed by atoms with Crippen LogP contribution in [0.4, 0.5) is 5.69 Å². The van der Waals surface area contributed by atoms with Crippen LogP contribution in [0, 0.1) is 0 Å². The molecule has 0 bridgehead atoms. The van der Waals surface area contributed by atoms with E-state index in [0.717, 1.165) is 41.7 Å². The third-order valence-corrected chi connectivity index (χ3v) is 4.13. The van der Waals surface area contributed by atoms with Crippen LogP contribution in [0.25, 0.3) is 0 Å². The molecule has 3 nitrogen and oxygen atoms in total. The number of hydrogen-bond donors (Lipinski definition) is 2. The van der Waals surface area contributed by atoms with Crippen molar-refractivity contribution in [1.29, 1.82) is 0 Å². The summed E-state index contributed by atoms with van der Waals surface area (Å²) in [6.45, 7) is 1.83. The summed E-state index contributed by atoms with van der Waals surface area (Å²) in [5, 5.41) is 6.31. The largest absolute Gasteiger partial charge is 0.325 e. The summed E-state index contributed by atoms with van der Waals surface area (Å²) in [6.07, 6.45) is 1.78. The Kier molecular flexibility index (Phi) is 3.48. The van der Waals surface area contributed by atoms with Gasteiger partial charge in [0.05, 0.1) is 5.41 Å². The summed E-state index contributed by atoms with van der Waals surface area (Å²) in [5.41, 5.74) is 1.85. The number of rotatable bonds is 0. The van der Waals surface area contributed by atoms with Crippen LogP contribution in [-0.2, 0) is 10.2 Å². The van der Waals surface area contributed by atoms with Crippen LogP contribution in [0.5, 0.6) is 0 Å². The second kappa shape index (κ2) is 4.59. The van der Waals surface area contributed by atoms with E-state index in [1.165, 1.54) is 0 Å². The Hall–Kier alpha value is -0.580. The van der Waals surface area contributed by atoms with Crippen LogP contribution >= 0.6 is 28.3 Å². The predicted molar refractivity (Wildman–Crippen MR) is 73.8 cm³/mol. The Bertz CT molecular complexity index is 458. The van der Waals surface area contributed by atoms with Gasteiger partial charge in [-0.05, 0) is 49.7 Å². The Morgan fingerprint density at radius 1 is 1.24 bits per heavy atom. The maximum absolute atomic E-state index is 12.2. The lowest BCUT2D eigenvalue weighted by molar-refractivity contribution is -0.121. The molecule has 2 heterocycles. The average molecular weight is 318 g/mol. The highest BCUT2D eigenvalue weighted by molar-refractivity contribution is 9.10. The summed E-state index contributed by atoms with van der Waals surface area (Å²) in [5.74, 6) is 0.169. The molecule has 2 aliphatic heterocycles. The first-order valence-electron chi connectivity index (χ1n) is 5.55. The maximum Gasteiger partial charge on any atom is 0.235 e. The molecule has 1 saturated heterocycles. The minimum atomic E-state index is -0.287. The monoisotopic (exact) mass is 316 g/mol. The fourth-order valence-electron chi connectivity index (χ4n) is 2.74. The van der Waals surface area contributed by atoms with Gasteiger partial charge >= 0.3 is 0 Å². The van der Waals surface area contributed by atoms with Crippen LogP contribution in [0.15, 0.2) is 22.7 Å². The van der Waals surface area contributed by atoms with Gasteiger partial charge in [0, 0.05) is 10.2 Å². The molecule has 1 amide bonds. The number of halogens is 2. The molecule has 3 rings (SSSR count). The molecule has 5 heteroatoms. The van der Waals surface area contributed by atoms with E-state index in [0.29, 0.717) is 0 Å². The number of carbonyl (C=O) groups is 1. The number of anilines is 1. The van der Waals surface area contributed by atoms with E-state index in [1.807, 2.05) is 12.1 Å². The lowest BCUT2D eigenvalue weighted by Crippen LogP contribution is -2.44. The first-order valence-corrected chi connectivity index (χ1v) is 6.34. The molecule has 0 radical (unpaired) electrons. The molecule has 2 aliphatic rings. The smallest absolute Gasteiger partial charge is 0.235 e. The summed E-state index contributed by atoms with van der Waals surface area (Å²) >= 11 is 3.48. The number of hydrogen-bond acceptors (Lipinski definition) is 2. The molecule has 0 atom stereocenters. The Morgan fingerprint density at radius 3 is 2.65 bits per heavy atom. The summed E-state index contributed by atoms with van der Waals surface area (Å²) in [4.78, 5) is 12.2. The molecule has 1 fully saturated rings. The normalized spacial score (nSPS) is 20.6. The highest BCUT2D eigenvalue weighted by Gasteiger charge is 2.47. The van der Waals surface area contributed by atoms with Gasteiger partial charge in [0.25, 0.3) is 0 Å². The zero-order valence-corrected chi connectivity index (χ0v) is 11.7. The SMILES string of the molecule is Cl.O=C1Nc2ccc(Br)cc2C12CCNCC2. The van der Waals surface area contributed by atoms with Crippen molar-refractivity contribution >= 4 is 39.9 Å². The maximum atomic E-state index is 12.2. The standard InChI is InChI=1S/C12H13BrN2O.ClH/c13-8-1-2-10-9(7-8)12(11(16)15-10)3-5-14-6-4-12;/h1-2,7,14H,3-6H2,(H,15,16);1H. The zero-order chi connectivity index (χ0) is 11.2. The van der Waals surface area contributed by atoms with Gasteiger partial charge in [-0.1, -0.05) is 15.9 Å². The third-order valence-electron chi connectivity index (χ3n) is 3.64. The topological polar surface area (TPSA) is 41.1 Å². The van der Waals surface area contributed by atoms with E-state index in [1.54, 1.807) is 0 Å². The summed E-state index contributed by atoms with van der Waals surface area (Å²) < 4.78 is 1.04. The van der Waals surface area contributed by atoms with Crippen molar-refractivity contribution in [3.05, 3.63) is 28.2 Å². The van der Waals surface area contributed by atoms with Crippen molar-refractivity contribution in [3.8, 4) is 0 Å². The van der Waals surface area contributed by atoms with Gasteiger partial charge in [0.1, 0.15) is 0 Å². The first-order chi connectivity index (χ1) is 7.72. The molecule has 0 aliphatic carbocycles. The quantitative estimate of drug-likeness (QED) is 0.772. The van der Waals surface area contributed by atoms with E-state index in [4.69, 9.17) is 0 Å². The second-order valence-corrected chi connectivity index (χ2v) is 5.39. The van der Waals surface area contributed by atoms with Crippen molar-refractivity contribution in [3.63, 3.8) is 0 Å². The molecule has 17 heavy (non-hydrogen) atoms. The Balaban J connectivity index is 0.00000108. The number of amides is 1. The molecule has 1 aromatic carbocycles. The van der Waals surface area contributed by atoms with E-state index in [-0.39, 0.29) is 23.7 Å². The number of nitrogens with one attached hydrogen (secondary N) is 2. The fraction of sp³-hybridized carbons (Fsp3) is 0.417. The van der Waals surface area contributed by atoms with E-state index in [2.05, 4.69) is 32.6 Å².